The molecule has 2 aromatic heterocycles. The Morgan fingerprint density at radius 3 is 2.59 bits per heavy atom. The third kappa shape index (κ3) is 2.75. The average Bonchev–Trinajstić information content (AvgIpc) is 2.84. The molecule has 2 unspecified atom stereocenters. The molecule has 1 saturated carbocycles. The van der Waals surface area contributed by atoms with Gasteiger partial charge in [-0.1, -0.05) is 0 Å². The van der Waals surface area contributed by atoms with Crippen molar-refractivity contribution < 1.29 is 4.74 Å². The summed E-state index contributed by atoms with van der Waals surface area (Å²) in [5.74, 6) is 2.61. The first-order chi connectivity index (χ1) is 14.2. The third-order valence-corrected chi connectivity index (χ3v) is 7.23. The lowest BCUT2D eigenvalue weighted by Gasteiger charge is -2.58. The van der Waals surface area contributed by atoms with Crippen LogP contribution < -0.4 is 16.0 Å². The van der Waals surface area contributed by atoms with Crippen LogP contribution in [0.15, 0.2) is 18.5 Å². The first-order valence-electron chi connectivity index (χ1n) is 10.5. The number of nitrogens with zero attached hydrogens (tertiary/aromatic N) is 6. The molecule has 6 rings (SSSR count). The molecule has 0 bridgehead atoms. The Kier molecular flexibility index (Phi) is 3.89. The number of anilines is 3. The van der Waals surface area contributed by atoms with Gasteiger partial charge in [0.1, 0.15) is 5.82 Å². The van der Waals surface area contributed by atoms with Crippen LogP contribution in [0.25, 0.3) is 11.3 Å². The predicted molar refractivity (Wildman–Crippen MR) is 110 cm³/mol. The zero-order valence-corrected chi connectivity index (χ0v) is 16.4. The molecule has 1 aliphatic carbocycles. The molecule has 29 heavy (non-hydrogen) atoms. The van der Waals surface area contributed by atoms with E-state index in [2.05, 4.69) is 25.1 Å². The first kappa shape index (κ1) is 17.3. The van der Waals surface area contributed by atoms with E-state index in [0.29, 0.717) is 24.8 Å². The lowest BCUT2D eigenvalue weighted by atomic mass is 9.61. The fraction of sp³-hybridized carbons (Fsp3) is 0.600. The molecular weight excluding hydrogens is 368 g/mol. The van der Waals surface area contributed by atoms with Crippen molar-refractivity contribution >= 4 is 17.7 Å². The number of rotatable bonds is 4. The first-order valence-corrected chi connectivity index (χ1v) is 10.5. The van der Waals surface area contributed by atoms with Gasteiger partial charge in [-0.15, -0.1) is 0 Å². The number of nitrogens with one attached hydrogen (secondary N) is 1. The van der Waals surface area contributed by atoms with E-state index >= 15 is 0 Å². The number of hydrogen-bond donors (Lipinski definition) is 2. The van der Waals surface area contributed by atoms with E-state index in [-0.39, 0.29) is 5.95 Å². The second kappa shape index (κ2) is 6.50. The van der Waals surface area contributed by atoms with E-state index in [4.69, 9.17) is 20.4 Å². The second-order valence-electron chi connectivity index (χ2n) is 8.56. The highest BCUT2D eigenvalue weighted by Gasteiger charge is 2.63. The summed E-state index contributed by atoms with van der Waals surface area (Å²) in [6.07, 6.45) is 7.47. The number of nitrogens with two attached hydrogens (primary N) is 1. The highest BCUT2D eigenvalue weighted by Crippen LogP contribution is 2.57. The van der Waals surface area contributed by atoms with E-state index in [0.717, 1.165) is 48.6 Å². The van der Waals surface area contributed by atoms with E-state index in [1.54, 1.807) is 12.4 Å². The molecule has 3 saturated heterocycles. The average molecular weight is 394 g/mol. The summed E-state index contributed by atoms with van der Waals surface area (Å²) >= 11 is 0. The number of nitrogen functional groups attached to an aromatic ring is 1. The molecule has 4 fully saturated rings. The van der Waals surface area contributed by atoms with Gasteiger partial charge in [0.25, 0.3) is 0 Å². The standard InChI is InChI=1S/C20H26N8O/c21-18-22-10-13(11-23-18)15-9-17(26-19(25-15)27-5-7-29-8-6-27)24-16-12-28-4-3-20(28)2-1-14(16)20/h9-11,14,16H,1-8,12H2,(H2,21,22,23)(H,24,25,26)/t14?,16-,20?/m1/s1. The van der Waals surface area contributed by atoms with Crippen molar-refractivity contribution in [2.75, 3.05) is 55.3 Å². The van der Waals surface area contributed by atoms with Gasteiger partial charge < -0.3 is 20.7 Å². The van der Waals surface area contributed by atoms with Crippen molar-refractivity contribution in [3.05, 3.63) is 18.5 Å². The van der Waals surface area contributed by atoms with Crippen LogP contribution in [0.1, 0.15) is 19.3 Å². The molecule has 3 N–H and O–H groups in total. The van der Waals surface area contributed by atoms with Crippen LogP contribution in [0.5, 0.6) is 0 Å². The van der Waals surface area contributed by atoms with Crippen LogP contribution in [0, 0.1) is 5.92 Å². The van der Waals surface area contributed by atoms with Gasteiger partial charge in [0, 0.05) is 61.8 Å². The fourth-order valence-corrected chi connectivity index (χ4v) is 5.49. The molecular formula is C20H26N8O. The van der Waals surface area contributed by atoms with Gasteiger partial charge in [0.2, 0.25) is 11.9 Å². The second-order valence-corrected chi connectivity index (χ2v) is 8.56. The third-order valence-electron chi connectivity index (χ3n) is 7.23. The number of hydrogen-bond acceptors (Lipinski definition) is 9. The van der Waals surface area contributed by atoms with Gasteiger partial charge in [-0.05, 0) is 25.2 Å². The summed E-state index contributed by atoms with van der Waals surface area (Å²) in [5.41, 5.74) is 7.81. The largest absolute Gasteiger partial charge is 0.378 e. The topological polar surface area (TPSA) is 105 Å². The quantitative estimate of drug-likeness (QED) is 0.785. The smallest absolute Gasteiger partial charge is 0.228 e. The summed E-state index contributed by atoms with van der Waals surface area (Å²) in [4.78, 5) is 22.8. The molecule has 0 amide bonds. The van der Waals surface area contributed by atoms with Crippen LogP contribution in [0.2, 0.25) is 0 Å². The summed E-state index contributed by atoms with van der Waals surface area (Å²) in [5, 5.41) is 3.75. The van der Waals surface area contributed by atoms with Crippen LogP contribution in [0.4, 0.5) is 17.7 Å². The number of morpholine rings is 1. The number of ether oxygens (including phenoxy) is 1. The van der Waals surface area contributed by atoms with Crippen molar-refractivity contribution in [2.45, 2.75) is 30.8 Å². The van der Waals surface area contributed by atoms with Crippen molar-refractivity contribution in [3.8, 4) is 11.3 Å². The molecule has 3 atom stereocenters. The van der Waals surface area contributed by atoms with Gasteiger partial charge in [0.15, 0.2) is 0 Å². The van der Waals surface area contributed by atoms with Gasteiger partial charge in [-0.25, -0.2) is 15.0 Å². The minimum absolute atomic E-state index is 0.264. The zero-order chi connectivity index (χ0) is 19.4. The Bertz CT molecular complexity index is 911. The van der Waals surface area contributed by atoms with Gasteiger partial charge >= 0.3 is 0 Å². The highest BCUT2D eigenvalue weighted by atomic mass is 16.5. The van der Waals surface area contributed by atoms with Gasteiger partial charge in [-0.3, -0.25) is 4.90 Å². The molecule has 2 aromatic rings. The van der Waals surface area contributed by atoms with E-state index < -0.39 is 0 Å². The Hall–Kier alpha value is -2.52. The Morgan fingerprint density at radius 2 is 1.93 bits per heavy atom. The van der Waals surface area contributed by atoms with Crippen molar-refractivity contribution in [1.82, 2.24) is 24.8 Å². The Labute approximate surface area is 169 Å². The maximum atomic E-state index is 5.66. The SMILES string of the molecule is Nc1ncc(-c2cc(N[C@@H]3CN4CCC45CCC35)nc(N3CCOCC3)n2)cn1. The molecule has 0 aromatic carbocycles. The summed E-state index contributed by atoms with van der Waals surface area (Å²) < 4.78 is 5.50. The molecule has 5 heterocycles. The molecule has 152 valence electrons. The van der Waals surface area contributed by atoms with Crippen LogP contribution in [-0.4, -0.2) is 75.8 Å². The van der Waals surface area contributed by atoms with Crippen LogP contribution in [-0.2, 0) is 4.74 Å². The van der Waals surface area contributed by atoms with Crippen molar-refractivity contribution in [3.63, 3.8) is 0 Å². The van der Waals surface area contributed by atoms with E-state index in [9.17, 15) is 0 Å². The van der Waals surface area contributed by atoms with Crippen molar-refractivity contribution in [2.24, 2.45) is 5.92 Å². The molecule has 9 nitrogen and oxygen atoms in total. The summed E-state index contributed by atoms with van der Waals surface area (Å²) in [6.45, 7) is 5.34. The maximum Gasteiger partial charge on any atom is 0.228 e. The predicted octanol–water partition coefficient (Wildman–Crippen LogP) is 1.00. The molecule has 1 spiro atoms. The maximum absolute atomic E-state index is 5.66. The summed E-state index contributed by atoms with van der Waals surface area (Å²) in [6, 6.07) is 2.47. The van der Waals surface area contributed by atoms with E-state index in [1.165, 1.54) is 25.8 Å². The highest BCUT2D eigenvalue weighted by molar-refractivity contribution is 5.64. The molecule has 3 aliphatic heterocycles. The molecule has 0 radical (unpaired) electrons. The monoisotopic (exact) mass is 394 g/mol. The minimum Gasteiger partial charge on any atom is -0.378 e. The lowest BCUT2D eigenvalue weighted by Crippen LogP contribution is -2.64. The zero-order valence-electron chi connectivity index (χ0n) is 16.4. The Morgan fingerprint density at radius 1 is 1.10 bits per heavy atom. The van der Waals surface area contributed by atoms with Gasteiger partial charge in [0.05, 0.1) is 18.9 Å². The molecule has 4 aliphatic rings. The normalized spacial score (nSPS) is 30.8. The minimum atomic E-state index is 0.264. The van der Waals surface area contributed by atoms with Crippen molar-refractivity contribution in [1.29, 1.82) is 0 Å². The number of aromatic nitrogens is 4. The summed E-state index contributed by atoms with van der Waals surface area (Å²) in [7, 11) is 0. The lowest BCUT2D eigenvalue weighted by molar-refractivity contribution is -0.0666. The Balaban J connectivity index is 1.32. The molecule has 9 heteroatoms. The fourth-order valence-electron chi connectivity index (χ4n) is 5.49. The van der Waals surface area contributed by atoms with Gasteiger partial charge in [-0.2, -0.15) is 4.98 Å². The van der Waals surface area contributed by atoms with Crippen LogP contribution in [0.3, 0.4) is 0 Å². The van der Waals surface area contributed by atoms with E-state index in [1.807, 2.05) is 6.07 Å². The van der Waals surface area contributed by atoms with Crippen LogP contribution >= 0.6 is 0 Å².